The first-order chi connectivity index (χ1) is 9.65. The van der Waals surface area contributed by atoms with Gasteiger partial charge in [-0.05, 0) is 44.4 Å². The number of rotatable bonds is 10. The molecule has 0 aliphatic carbocycles. The first-order valence-electron chi connectivity index (χ1n) is 8.14. The minimum Gasteiger partial charge on any atom is -0.491 e. The number of benzene rings is 1. The van der Waals surface area contributed by atoms with Gasteiger partial charge in [0.25, 0.3) is 0 Å². The number of unbranched alkanes of at least 4 members (excludes halogenated alkanes) is 1. The molecule has 0 bridgehead atoms. The highest BCUT2D eigenvalue weighted by atomic mass is 16.5. The Labute approximate surface area is 124 Å². The Bertz CT molecular complexity index is 345. The van der Waals surface area contributed by atoms with E-state index in [1.807, 2.05) is 0 Å². The summed E-state index contributed by atoms with van der Waals surface area (Å²) in [6, 6.07) is 9.11. The van der Waals surface area contributed by atoms with Crippen LogP contribution in [0.4, 0.5) is 0 Å². The average molecular weight is 277 g/mol. The van der Waals surface area contributed by atoms with E-state index < -0.39 is 0 Å². The maximum absolute atomic E-state index is 5.67. The molecular formula is C18H31NO. The van der Waals surface area contributed by atoms with Crippen LogP contribution in [0.5, 0.6) is 5.75 Å². The quantitative estimate of drug-likeness (QED) is 0.655. The summed E-state index contributed by atoms with van der Waals surface area (Å²) in [5.74, 6) is 0.958. The minimum atomic E-state index is 0.238. The van der Waals surface area contributed by atoms with Gasteiger partial charge in [-0.2, -0.15) is 0 Å². The molecule has 0 saturated carbocycles. The molecule has 1 aromatic carbocycles. The molecule has 0 radical (unpaired) electrons. The molecule has 0 amide bonds. The molecule has 0 aliphatic rings. The van der Waals surface area contributed by atoms with Crippen molar-refractivity contribution in [2.45, 2.75) is 78.5 Å². The summed E-state index contributed by atoms with van der Waals surface area (Å²) in [5, 5.41) is 3.69. The molecule has 0 fully saturated rings. The van der Waals surface area contributed by atoms with Gasteiger partial charge in [-0.25, -0.2) is 0 Å². The van der Waals surface area contributed by atoms with E-state index in [1.165, 1.54) is 37.7 Å². The van der Waals surface area contributed by atoms with Gasteiger partial charge in [0, 0.05) is 12.6 Å². The normalized spacial score (nSPS) is 12.7. The third-order valence-electron chi connectivity index (χ3n) is 3.43. The van der Waals surface area contributed by atoms with E-state index in [-0.39, 0.29) is 6.10 Å². The zero-order chi connectivity index (χ0) is 14.8. The topological polar surface area (TPSA) is 21.3 Å². The largest absolute Gasteiger partial charge is 0.491 e. The van der Waals surface area contributed by atoms with Crippen molar-refractivity contribution in [3.8, 4) is 5.75 Å². The highest BCUT2D eigenvalue weighted by Crippen LogP contribution is 2.14. The lowest BCUT2D eigenvalue weighted by Gasteiger charge is -2.18. The van der Waals surface area contributed by atoms with Crippen LogP contribution in [0.15, 0.2) is 24.3 Å². The number of hydrogen-bond donors (Lipinski definition) is 1. The fourth-order valence-corrected chi connectivity index (χ4v) is 2.37. The Morgan fingerprint density at radius 3 is 2.25 bits per heavy atom. The van der Waals surface area contributed by atoms with Crippen LogP contribution in [0.25, 0.3) is 0 Å². The molecule has 0 aliphatic heterocycles. The molecule has 1 N–H and O–H groups in total. The van der Waals surface area contributed by atoms with Gasteiger partial charge in [0.15, 0.2) is 0 Å². The summed E-state index contributed by atoms with van der Waals surface area (Å²) < 4.78 is 5.67. The van der Waals surface area contributed by atoms with Crippen molar-refractivity contribution in [1.29, 1.82) is 0 Å². The monoisotopic (exact) mass is 277 g/mol. The van der Waals surface area contributed by atoms with Crippen molar-refractivity contribution < 1.29 is 4.74 Å². The second-order valence-electron chi connectivity index (χ2n) is 5.82. The van der Waals surface area contributed by atoms with Crippen LogP contribution in [-0.4, -0.2) is 12.1 Å². The van der Waals surface area contributed by atoms with E-state index in [0.717, 1.165) is 12.3 Å². The molecule has 2 nitrogen and oxygen atoms in total. The molecule has 0 saturated heterocycles. The Kier molecular flexibility index (Phi) is 8.36. The van der Waals surface area contributed by atoms with Crippen LogP contribution >= 0.6 is 0 Å². The van der Waals surface area contributed by atoms with E-state index in [0.29, 0.717) is 6.04 Å². The van der Waals surface area contributed by atoms with Gasteiger partial charge >= 0.3 is 0 Å². The zero-order valence-corrected chi connectivity index (χ0v) is 13.6. The van der Waals surface area contributed by atoms with Crippen molar-refractivity contribution >= 4 is 0 Å². The summed E-state index contributed by atoms with van der Waals surface area (Å²) in [5.41, 5.74) is 1.33. The Balaban J connectivity index is 2.42. The predicted octanol–water partition coefficient (Wildman–Crippen LogP) is 4.92. The first-order valence-corrected chi connectivity index (χ1v) is 8.14. The maximum Gasteiger partial charge on any atom is 0.119 e. The molecule has 1 rings (SSSR count). The van der Waals surface area contributed by atoms with E-state index in [4.69, 9.17) is 4.74 Å². The molecule has 1 unspecified atom stereocenters. The molecule has 1 atom stereocenters. The van der Waals surface area contributed by atoms with E-state index in [2.05, 4.69) is 57.3 Å². The van der Waals surface area contributed by atoms with Crippen molar-refractivity contribution in [1.82, 2.24) is 5.32 Å². The van der Waals surface area contributed by atoms with Gasteiger partial charge in [-0.15, -0.1) is 0 Å². The van der Waals surface area contributed by atoms with Crippen LogP contribution in [0.1, 0.15) is 65.4 Å². The molecule has 20 heavy (non-hydrogen) atoms. The fourth-order valence-electron chi connectivity index (χ4n) is 2.37. The average Bonchev–Trinajstić information content (AvgIpc) is 2.43. The van der Waals surface area contributed by atoms with Gasteiger partial charge in [0.2, 0.25) is 0 Å². The lowest BCUT2D eigenvalue weighted by atomic mass is 10.0. The second-order valence-corrected chi connectivity index (χ2v) is 5.82. The first kappa shape index (κ1) is 17.0. The third-order valence-corrected chi connectivity index (χ3v) is 3.43. The molecule has 1 aromatic rings. The number of hydrogen-bond acceptors (Lipinski definition) is 2. The summed E-state index contributed by atoms with van der Waals surface area (Å²) in [6.45, 7) is 9.59. The van der Waals surface area contributed by atoms with Gasteiger partial charge in [-0.1, -0.05) is 45.2 Å². The maximum atomic E-state index is 5.67. The number of ether oxygens (including phenoxy) is 1. The molecule has 0 aromatic heterocycles. The van der Waals surface area contributed by atoms with E-state index >= 15 is 0 Å². The second kappa shape index (κ2) is 9.82. The Morgan fingerprint density at radius 1 is 1.00 bits per heavy atom. The van der Waals surface area contributed by atoms with Crippen molar-refractivity contribution in [2.75, 3.05) is 0 Å². The van der Waals surface area contributed by atoms with E-state index in [1.54, 1.807) is 0 Å². The van der Waals surface area contributed by atoms with Crippen molar-refractivity contribution in [3.05, 3.63) is 29.8 Å². The lowest BCUT2D eigenvalue weighted by Crippen LogP contribution is -2.28. The van der Waals surface area contributed by atoms with E-state index in [9.17, 15) is 0 Å². The van der Waals surface area contributed by atoms with Gasteiger partial charge in [-0.3, -0.25) is 0 Å². The molecular weight excluding hydrogens is 246 g/mol. The smallest absolute Gasteiger partial charge is 0.119 e. The lowest BCUT2D eigenvalue weighted by molar-refractivity contribution is 0.242. The predicted molar refractivity (Wildman–Crippen MR) is 87.3 cm³/mol. The molecule has 0 spiro atoms. The Hall–Kier alpha value is -1.02. The highest BCUT2D eigenvalue weighted by Gasteiger charge is 2.06. The summed E-state index contributed by atoms with van der Waals surface area (Å²) in [7, 11) is 0. The fraction of sp³-hybridized carbons (Fsp3) is 0.667. The van der Waals surface area contributed by atoms with Crippen molar-refractivity contribution in [2.24, 2.45) is 0 Å². The standard InChI is InChI=1S/C18H31NO/c1-5-7-9-17(8-6-2)19-14-16-10-12-18(13-11-16)20-15(3)4/h10-13,15,17,19H,5-9,14H2,1-4H3. The van der Waals surface area contributed by atoms with Crippen LogP contribution in [0.2, 0.25) is 0 Å². The molecule has 2 heteroatoms. The molecule has 114 valence electrons. The molecule has 0 heterocycles. The summed E-state index contributed by atoms with van der Waals surface area (Å²) >= 11 is 0. The summed E-state index contributed by atoms with van der Waals surface area (Å²) in [4.78, 5) is 0. The van der Waals surface area contributed by atoms with Crippen LogP contribution in [0, 0.1) is 0 Å². The Morgan fingerprint density at radius 2 is 1.70 bits per heavy atom. The third kappa shape index (κ3) is 6.95. The summed E-state index contributed by atoms with van der Waals surface area (Å²) in [6.07, 6.45) is 6.65. The van der Waals surface area contributed by atoms with Crippen LogP contribution in [-0.2, 0) is 6.54 Å². The van der Waals surface area contributed by atoms with Gasteiger partial charge in [0.05, 0.1) is 6.10 Å². The van der Waals surface area contributed by atoms with Crippen molar-refractivity contribution in [3.63, 3.8) is 0 Å². The van der Waals surface area contributed by atoms with Gasteiger partial charge < -0.3 is 10.1 Å². The highest BCUT2D eigenvalue weighted by molar-refractivity contribution is 5.27. The zero-order valence-electron chi connectivity index (χ0n) is 13.6. The van der Waals surface area contributed by atoms with Gasteiger partial charge in [0.1, 0.15) is 5.75 Å². The van der Waals surface area contributed by atoms with Crippen LogP contribution < -0.4 is 10.1 Å². The SMILES string of the molecule is CCCCC(CCC)NCc1ccc(OC(C)C)cc1. The minimum absolute atomic E-state index is 0.238. The number of nitrogens with one attached hydrogen (secondary N) is 1. The van der Waals surface area contributed by atoms with Crippen LogP contribution in [0.3, 0.4) is 0 Å².